The van der Waals surface area contributed by atoms with E-state index in [0.717, 1.165) is 22.8 Å². The van der Waals surface area contributed by atoms with E-state index in [-0.39, 0.29) is 12.7 Å². The highest BCUT2D eigenvalue weighted by Gasteiger charge is 2.24. The lowest BCUT2D eigenvalue weighted by molar-refractivity contribution is 0.0758. The molecule has 0 fully saturated rings. The molecule has 7 heteroatoms. The highest BCUT2D eigenvalue weighted by molar-refractivity contribution is 5.95. The maximum atomic E-state index is 13.0. The molecule has 3 aromatic rings. The fraction of sp³-hybridized carbons (Fsp3) is 0.273. The third kappa shape index (κ3) is 3.18. The zero-order chi connectivity index (χ0) is 19.8. The maximum absolute atomic E-state index is 13.0. The van der Waals surface area contributed by atoms with E-state index < -0.39 is 0 Å². The molecule has 0 unspecified atom stereocenters. The topological polar surface area (TPSA) is 65.8 Å². The molecule has 1 aromatic heterocycles. The van der Waals surface area contributed by atoms with E-state index in [0.29, 0.717) is 43.1 Å². The van der Waals surface area contributed by atoms with Crippen LogP contribution in [0.15, 0.2) is 48.7 Å². The molecular formula is C22H21N3O4. The standard InChI is InChI=1S/C22H21N3O4/c1-27-17-5-2-15(3-6-17)18-13-23-21-8-9-24(10-11-25(18)21)22(26)16-4-7-19-20(12-16)29-14-28-19/h2-7,12-13H,8-11,14H2,1H3. The number of methoxy groups -OCH3 is 1. The average Bonchev–Trinajstić information content (AvgIpc) is 3.34. The molecule has 2 aliphatic heterocycles. The SMILES string of the molecule is COc1ccc(-c2cnc3n2CCN(C(=O)c2ccc4c(c2)OCO4)CC3)cc1. The summed E-state index contributed by atoms with van der Waals surface area (Å²) in [6, 6.07) is 13.3. The molecule has 3 heterocycles. The zero-order valence-electron chi connectivity index (χ0n) is 16.1. The molecule has 0 spiro atoms. The van der Waals surface area contributed by atoms with E-state index in [4.69, 9.17) is 14.2 Å². The normalized spacial score (nSPS) is 15.0. The van der Waals surface area contributed by atoms with Gasteiger partial charge in [-0.15, -0.1) is 0 Å². The van der Waals surface area contributed by atoms with Crippen molar-refractivity contribution in [2.75, 3.05) is 27.0 Å². The molecule has 5 rings (SSSR count). The van der Waals surface area contributed by atoms with Crippen LogP contribution in [0.1, 0.15) is 16.2 Å². The van der Waals surface area contributed by atoms with Crippen LogP contribution in [0.3, 0.4) is 0 Å². The third-order valence-corrected chi connectivity index (χ3v) is 5.43. The number of ether oxygens (including phenoxy) is 3. The van der Waals surface area contributed by atoms with Crippen molar-refractivity contribution >= 4 is 5.91 Å². The minimum absolute atomic E-state index is 0.0000468. The van der Waals surface area contributed by atoms with Gasteiger partial charge >= 0.3 is 0 Å². The molecule has 1 amide bonds. The molecule has 0 bridgehead atoms. The molecule has 7 nitrogen and oxygen atoms in total. The number of carbonyl (C=O) groups excluding carboxylic acids is 1. The molecule has 0 N–H and O–H groups in total. The van der Waals surface area contributed by atoms with Gasteiger partial charge in [-0.1, -0.05) is 0 Å². The Morgan fingerprint density at radius 3 is 2.69 bits per heavy atom. The Balaban J connectivity index is 1.35. The number of rotatable bonds is 3. The molecule has 0 atom stereocenters. The first-order valence-electron chi connectivity index (χ1n) is 9.61. The second kappa shape index (κ2) is 7.16. The van der Waals surface area contributed by atoms with Crippen LogP contribution in [0.2, 0.25) is 0 Å². The van der Waals surface area contributed by atoms with Crippen molar-refractivity contribution in [3.8, 4) is 28.5 Å². The summed E-state index contributed by atoms with van der Waals surface area (Å²) in [6.45, 7) is 2.16. The number of imidazole rings is 1. The Bertz CT molecular complexity index is 1060. The van der Waals surface area contributed by atoms with Gasteiger partial charge in [-0.05, 0) is 42.5 Å². The van der Waals surface area contributed by atoms with Gasteiger partial charge in [-0.2, -0.15) is 0 Å². The first-order chi connectivity index (χ1) is 14.2. The van der Waals surface area contributed by atoms with Crippen LogP contribution in [-0.2, 0) is 13.0 Å². The fourth-order valence-electron chi connectivity index (χ4n) is 3.84. The average molecular weight is 391 g/mol. The largest absolute Gasteiger partial charge is 0.497 e. The Morgan fingerprint density at radius 1 is 1.03 bits per heavy atom. The van der Waals surface area contributed by atoms with E-state index in [1.165, 1.54) is 0 Å². The molecule has 0 saturated heterocycles. The number of nitrogens with zero attached hydrogens (tertiary/aromatic N) is 3. The summed E-state index contributed by atoms with van der Waals surface area (Å²) in [6.07, 6.45) is 2.62. The van der Waals surface area contributed by atoms with Crippen molar-refractivity contribution in [3.05, 3.63) is 60.0 Å². The van der Waals surface area contributed by atoms with Crippen LogP contribution in [-0.4, -0.2) is 47.4 Å². The van der Waals surface area contributed by atoms with Crippen LogP contribution >= 0.6 is 0 Å². The van der Waals surface area contributed by atoms with E-state index in [1.807, 2.05) is 35.4 Å². The van der Waals surface area contributed by atoms with Crippen LogP contribution in [0.5, 0.6) is 17.2 Å². The molecule has 2 aliphatic rings. The third-order valence-electron chi connectivity index (χ3n) is 5.43. The number of carbonyl (C=O) groups is 1. The molecule has 0 saturated carbocycles. The Kier molecular flexibility index (Phi) is 4.35. The van der Waals surface area contributed by atoms with Gasteiger partial charge < -0.3 is 23.7 Å². The van der Waals surface area contributed by atoms with Crippen molar-refractivity contribution in [3.63, 3.8) is 0 Å². The summed E-state index contributed by atoms with van der Waals surface area (Å²) in [7, 11) is 1.66. The van der Waals surface area contributed by atoms with Gasteiger partial charge in [0.25, 0.3) is 5.91 Å². The van der Waals surface area contributed by atoms with E-state index >= 15 is 0 Å². The minimum atomic E-state index is 0.0000468. The fourth-order valence-corrected chi connectivity index (χ4v) is 3.84. The van der Waals surface area contributed by atoms with Gasteiger partial charge in [0, 0.05) is 37.2 Å². The number of aromatic nitrogens is 2. The Labute approximate surface area is 168 Å². The number of benzene rings is 2. The van der Waals surface area contributed by atoms with Crippen LogP contribution < -0.4 is 14.2 Å². The first kappa shape index (κ1) is 17.6. The van der Waals surface area contributed by atoms with E-state index in [1.54, 1.807) is 25.3 Å². The van der Waals surface area contributed by atoms with Crippen molar-refractivity contribution in [1.29, 1.82) is 0 Å². The summed E-state index contributed by atoms with van der Waals surface area (Å²) in [5, 5.41) is 0. The monoisotopic (exact) mass is 391 g/mol. The summed E-state index contributed by atoms with van der Waals surface area (Å²) in [4.78, 5) is 19.5. The van der Waals surface area contributed by atoms with Gasteiger partial charge in [0.05, 0.1) is 19.0 Å². The lowest BCUT2D eigenvalue weighted by Crippen LogP contribution is -2.33. The molecule has 0 radical (unpaired) electrons. The summed E-state index contributed by atoms with van der Waals surface area (Å²) >= 11 is 0. The van der Waals surface area contributed by atoms with E-state index in [9.17, 15) is 4.79 Å². The number of amides is 1. The van der Waals surface area contributed by atoms with Gasteiger partial charge in [-0.3, -0.25) is 4.79 Å². The summed E-state index contributed by atoms with van der Waals surface area (Å²) < 4.78 is 18.2. The number of hydrogen-bond donors (Lipinski definition) is 0. The van der Waals surface area contributed by atoms with Crippen LogP contribution in [0, 0.1) is 0 Å². The van der Waals surface area contributed by atoms with Crippen molar-refractivity contribution in [1.82, 2.24) is 14.5 Å². The second-order valence-corrected chi connectivity index (χ2v) is 7.05. The highest BCUT2D eigenvalue weighted by atomic mass is 16.7. The number of fused-ring (bicyclic) bond motifs is 2. The van der Waals surface area contributed by atoms with Crippen LogP contribution in [0.4, 0.5) is 0 Å². The quantitative estimate of drug-likeness (QED) is 0.687. The highest BCUT2D eigenvalue weighted by Crippen LogP contribution is 2.33. The van der Waals surface area contributed by atoms with Crippen molar-refractivity contribution in [2.24, 2.45) is 0 Å². The van der Waals surface area contributed by atoms with Crippen molar-refractivity contribution in [2.45, 2.75) is 13.0 Å². The van der Waals surface area contributed by atoms with Crippen molar-refractivity contribution < 1.29 is 19.0 Å². The lowest BCUT2D eigenvalue weighted by atomic mass is 10.1. The maximum Gasteiger partial charge on any atom is 0.254 e. The summed E-state index contributed by atoms with van der Waals surface area (Å²) in [5.74, 6) is 3.13. The zero-order valence-corrected chi connectivity index (χ0v) is 16.1. The molecular weight excluding hydrogens is 370 g/mol. The van der Waals surface area contributed by atoms with Gasteiger partial charge in [0.2, 0.25) is 6.79 Å². The van der Waals surface area contributed by atoms with Crippen LogP contribution in [0.25, 0.3) is 11.3 Å². The summed E-state index contributed by atoms with van der Waals surface area (Å²) in [5.41, 5.74) is 2.75. The Hall–Kier alpha value is -3.48. The van der Waals surface area contributed by atoms with E-state index in [2.05, 4.69) is 9.55 Å². The van der Waals surface area contributed by atoms with Gasteiger partial charge in [-0.25, -0.2) is 4.98 Å². The number of hydrogen-bond acceptors (Lipinski definition) is 5. The predicted octanol–water partition coefficient (Wildman–Crippen LogP) is 2.99. The predicted molar refractivity (Wildman–Crippen MR) is 106 cm³/mol. The van der Waals surface area contributed by atoms with Gasteiger partial charge in [0.1, 0.15) is 11.6 Å². The minimum Gasteiger partial charge on any atom is -0.497 e. The molecule has 0 aliphatic carbocycles. The van der Waals surface area contributed by atoms with Gasteiger partial charge in [0.15, 0.2) is 11.5 Å². The lowest BCUT2D eigenvalue weighted by Gasteiger charge is -2.20. The second-order valence-electron chi connectivity index (χ2n) is 7.05. The smallest absolute Gasteiger partial charge is 0.254 e. The molecule has 29 heavy (non-hydrogen) atoms. The Morgan fingerprint density at radius 2 is 1.86 bits per heavy atom. The molecule has 2 aromatic carbocycles. The molecule has 148 valence electrons. The first-order valence-corrected chi connectivity index (χ1v) is 9.61.